The lowest BCUT2D eigenvalue weighted by atomic mass is 9.90. The van der Waals surface area contributed by atoms with Crippen LogP contribution in [0.2, 0.25) is 5.02 Å². The number of carbonyl (C=O) groups excluding carboxylic acids is 1. The molecular weight excluding hydrogens is 506 g/mol. The van der Waals surface area contributed by atoms with Crippen molar-refractivity contribution in [1.29, 1.82) is 0 Å². The maximum Gasteiger partial charge on any atom is 0.251 e. The molecule has 0 bridgehead atoms. The van der Waals surface area contributed by atoms with Gasteiger partial charge in [-0.1, -0.05) is 24.6 Å². The van der Waals surface area contributed by atoms with E-state index >= 15 is 0 Å². The highest BCUT2D eigenvalue weighted by Crippen LogP contribution is 2.37. The van der Waals surface area contributed by atoms with E-state index in [0.717, 1.165) is 24.0 Å². The molecule has 0 radical (unpaired) electrons. The highest BCUT2D eigenvalue weighted by molar-refractivity contribution is 6.30. The normalized spacial score (nSPS) is 17.1. The summed E-state index contributed by atoms with van der Waals surface area (Å²) in [7, 11) is 1.59. The van der Waals surface area contributed by atoms with Crippen molar-refractivity contribution in [3.63, 3.8) is 0 Å². The molecule has 0 spiro atoms. The fraction of sp³-hybridized carbons (Fsp3) is 0.379. The number of aromatic nitrogens is 1. The first-order valence-corrected chi connectivity index (χ1v) is 13.1. The summed E-state index contributed by atoms with van der Waals surface area (Å²) in [4.78, 5) is 24.9. The lowest BCUT2D eigenvalue weighted by Crippen LogP contribution is -2.38. The Hall–Kier alpha value is -3.33. The van der Waals surface area contributed by atoms with Crippen molar-refractivity contribution in [2.45, 2.75) is 51.5 Å². The number of hydrogen-bond donors (Lipinski definition) is 3. The second-order valence-corrected chi connectivity index (χ2v) is 10.2. The van der Waals surface area contributed by atoms with Gasteiger partial charge in [-0.15, -0.1) is 0 Å². The lowest BCUT2D eigenvalue weighted by molar-refractivity contribution is 0.0589. The van der Waals surface area contributed by atoms with Gasteiger partial charge >= 0.3 is 0 Å². The summed E-state index contributed by atoms with van der Waals surface area (Å²) in [6, 6.07) is 13.1. The number of aliphatic hydroxyl groups excluding tert-OH is 1. The SMILES string of the molecule is CCC1COc2cn([C@@H](C[C@H](C)OC)C(O)Nc3ccc(C(N)=O)cc3)c(=O)cc2-c2cc(Cl)ccc2C1. The van der Waals surface area contributed by atoms with Gasteiger partial charge in [0.1, 0.15) is 12.0 Å². The largest absolute Gasteiger partial charge is 0.491 e. The number of aliphatic hydroxyl groups is 1. The number of primary amides is 1. The van der Waals surface area contributed by atoms with E-state index in [9.17, 15) is 14.7 Å². The highest BCUT2D eigenvalue weighted by atomic mass is 35.5. The standard InChI is InChI=1S/C29H34ClN3O5/c1-4-18-12-20-5-8-21(30)13-23(20)24-14-27(34)33(15-26(24)38-16-18)25(11-17(2)37-3)29(36)32-22-9-6-19(7-10-22)28(31)35/h5-10,13-15,17-18,25,29,32,36H,4,11-12,16H2,1-3H3,(H2,31,35)/t17-,18?,25-,29?/m0/s1. The van der Waals surface area contributed by atoms with Gasteiger partial charge in [0.05, 0.1) is 24.9 Å². The van der Waals surface area contributed by atoms with Gasteiger partial charge < -0.3 is 30.2 Å². The van der Waals surface area contributed by atoms with E-state index in [1.165, 1.54) is 4.57 Å². The molecule has 4 N–H and O–H groups in total. The molecule has 4 rings (SSSR count). The van der Waals surface area contributed by atoms with E-state index in [-0.39, 0.29) is 11.7 Å². The molecule has 3 aromatic rings. The Morgan fingerprint density at radius 3 is 2.63 bits per heavy atom. The minimum atomic E-state index is -1.15. The number of rotatable bonds is 9. The summed E-state index contributed by atoms with van der Waals surface area (Å²) in [5.74, 6) is 0.326. The van der Waals surface area contributed by atoms with Gasteiger partial charge in [0.25, 0.3) is 5.56 Å². The molecule has 0 saturated heterocycles. The minimum Gasteiger partial charge on any atom is -0.491 e. The topological polar surface area (TPSA) is 116 Å². The van der Waals surface area contributed by atoms with Crippen molar-refractivity contribution < 1.29 is 19.4 Å². The third-order valence-corrected chi connectivity index (χ3v) is 7.38. The summed E-state index contributed by atoms with van der Waals surface area (Å²) < 4.78 is 13.2. The van der Waals surface area contributed by atoms with E-state index in [1.807, 2.05) is 25.1 Å². The Balaban J connectivity index is 1.75. The lowest BCUT2D eigenvalue weighted by Gasteiger charge is -2.30. The summed E-state index contributed by atoms with van der Waals surface area (Å²) in [5, 5.41) is 14.9. The Kier molecular flexibility index (Phi) is 8.76. The molecule has 2 heterocycles. The third kappa shape index (κ3) is 6.20. The maximum atomic E-state index is 13.5. The van der Waals surface area contributed by atoms with Gasteiger partial charge in [-0.3, -0.25) is 9.59 Å². The molecule has 1 aliphatic heterocycles. The Bertz CT molecular complexity index is 1340. The minimum absolute atomic E-state index is 0.243. The number of amides is 1. The van der Waals surface area contributed by atoms with Crippen molar-refractivity contribution in [3.8, 4) is 16.9 Å². The van der Waals surface area contributed by atoms with Gasteiger partial charge in [0.15, 0.2) is 0 Å². The van der Waals surface area contributed by atoms with Crippen LogP contribution in [0.1, 0.15) is 48.7 Å². The number of fused-ring (bicyclic) bond motifs is 3. The number of benzene rings is 2. The highest BCUT2D eigenvalue weighted by Gasteiger charge is 2.28. The number of pyridine rings is 1. The number of hydrogen-bond acceptors (Lipinski definition) is 6. The number of nitrogens with zero attached hydrogens (tertiary/aromatic N) is 1. The van der Waals surface area contributed by atoms with Gasteiger partial charge in [-0.25, -0.2) is 0 Å². The quantitative estimate of drug-likeness (QED) is 0.342. The van der Waals surface area contributed by atoms with Crippen molar-refractivity contribution in [3.05, 3.63) is 81.2 Å². The number of halogens is 1. The molecule has 1 amide bonds. The zero-order chi connectivity index (χ0) is 27.4. The molecule has 0 aliphatic carbocycles. The van der Waals surface area contributed by atoms with E-state index in [0.29, 0.717) is 46.5 Å². The van der Waals surface area contributed by atoms with E-state index < -0.39 is 18.2 Å². The zero-order valence-corrected chi connectivity index (χ0v) is 22.6. The van der Waals surface area contributed by atoms with Crippen LogP contribution in [0, 0.1) is 5.92 Å². The van der Waals surface area contributed by atoms with Gasteiger partial charge in [0, 0.05) is 35.0 Å². The molecule has 8 nitrogen and oxygen atoms in total. The molecular formula is C29H34ClN3O5. The number of anilines is 1. The van der Waals surface area contributed by atoms with Crippen molar-refractivity contribution in [2.75, 3.05) is 19.0 Å². The fourth-order valence-corrected chi connectivity index (χ4v) is 4.93. The first kappa shape index (κ1) is 27.7. The second kappa shape index (κ2) is 12.0. The maximum absolute atomic E-state index is 13.5. The summed E-state index contributed by atoms with van der Waals surface area (Å²) in [6.07, 6.45) is 2.41. The first-order valence-electron chi connectivity index (χ1n) is 12.7. The van der Waals surface area contributed by atoms with Crippen LogP contribution in [0.4, 0.5) is 5.69 Å². The predicted octanol–water partition coefficient (Wildman–Crippen LogP) is 4.63. The first-order chi connectivity index (χ1) is 18.2. The molecule has 2 aromatic carbocycles. The fourth-order valence-electron chi connectivity index (χ4n) is 4.76. The average Bonchev–Trinajstić information content (AvgIpc) is 2.90. The molecule has 38 heavy (non-hydrogen) atoms. The van der Waals surface area contributed by atoms with Crippen LogP contribution in [0.25, 0.3) is 11.1 Å². The van der Waals surface area contributed by atoms with Crippen LogP contribution in [0.15, 0.2) is 59.5 Å². The molecule has 1 aromatic heterocycles. The molecule has 2 unspecified atom stereocenters. The Labute approximate surface area is 227 Å². The number of nitrogens with two attached hydrogens (primary N) is 1. The third-order valence-electron chi connectivity index (χ3n) is 7.15. The van der Waals surface area contributed by atoms with Gasteiger partial charge in [-0.2, -0.15) is 0 Å². The molecule has 0 saturated carbocycles. The van der Waals surface area contributed by atoms with Gasteiger partial charge in [-0.05, 0) is 79.6 Å². The summed E-state index contributed by atoms with van der Waals surface area (Å²) in [6.45, 7) is 4.52. The molecule has 202 valence electrons. The van der Waals surface area contributed by atoms with Crippen LogP contribution >= 0.6 is 11.6 Å². The molecule has 4 atom stereocenters. The van der Waals surface area contributed by atoms with E-state index in [1.54, 1.807) is 43.6 Å². The summed E-state index contributed by atoms with van der Waals surface area (Å²) >= 11 is 6.34. The molecule has 0 fully saturated rings. The van der Waals surface area contributed by atoms with Crippen LogP contribution < -0.4 is 21.3 Å². The van der Waals surface area contributed by atoms with Crippen LogP contribution in [0.3, 0.4) is 0 Å². The smallest absolute Gasteiger partial charge is 0.251 e. The van der Waals surface area contributed by atoms with Crippen LogP contribution in [-0.4, -0.2) is 41.6 Å². The monoisotopic (exact) mass is 539 g/mol. The number of carbonyl (C=O) groups is 1. The van der Waals surface area contributed by atoms with Crippen molar-refractivity contribution in [1.82, 2.24) is 4.57 Å². The predicted molar refractivity (Wildman–Crippen MR) is 149 cm³/mol. The van der Waals surface area contributed by atoms with Crippen molar-refractivity contribution in [2.24, 2.45) is 11.7 Å². The van der Waals surface area contributed by atoms with E-state index in [2.05, 4.69) is 12.2 Å². The number of ether oxygens (including phenoxy) is 2. The van der Waals surface area contributed by atoms with Crippen LogP contribution in [0.5, 0.6) is 5.75 Å². The second-order valence-electron chi connectivity index (χ2n) is 9.77. The Morgan fingerprint density at radius 2 is 1.97 bits per heavy atom. The van der Waals surface area contributed by atoms with Crippen LogP contribution in [-0.2, 0) is 11.2 Å². The molecule has 9 heteroatoms. The average molecular weight is 540 g/mol. The molecule has 1 aliphatic rings. The zero-order valence-electron chi connectivity index (χ0n) is 21.8. The van der Waals surface area contributed by atoms with Gasteiger partial charge in [0.2, 0.25) is 5.91 Å². The Morgan fingerprint density at radius 1 is 1.24 bits per heavy atom. The summed E-state index contributed by atoms with van der Waals surface area (Å²) in [5.41, 5.74) is 8.65. The van der Waals surface area contributed by atoms with Crippen molar-refractivity contribution >= 4 is 23.2 Å². The van der Waals surface area contributed by atoms with E-state index in [4.69, 9.17) is 26.8 Å². The number of nitrogens with one attached hydrogen (secondary N) is 1. The number of methoxy groups -OCH3 is 1.